The van der Waals surface area contributed by atoms with Gasteiger partial charge in [-0.2, -0.15) is 0 Å². The summed E-state index contributed by atoms with van der Waals surface area (Å²) < 4.78 is 33.8. The number of aromatic amines is 1. The van der Waals surface area contributed by atoms with Crippen molar-refractivity contribution in [3.05, 3.63) is 36.4 Å². The Kier molecular flexibility index (Phi) is 7.90. The fraction of sp³-hybridized carbons (Fsp3) is 0.429. The van der Waals surface area contributed by atoms with E-state index in [-0.39, 0.29) is 0 Å². The normalized spacial score (nSPS) is 11.4. The van der Waals surface area contributed by atoms with Crippen LogP contribution in [-0.2, 0) is 14.2 Å². The van der Waals surface area contributed by atoms with E-state index in [0.29, 0.717) is 46.2 Å². The zero-order valence-corrected chi connectivity index (χ0v) is 16.1. The van der Waals surface area contributed by atoms with Crippen LogP contribution in [0.25, 0.3) is 21.8 Å². The minimum absolute atomic E-state index is 0.313. The Morgan fingerprint density at radius 2 is 1.64 bits per heavy atom. The van der Waals surface area contributed by atoms with Gasteiger partial charge in [-0.15, -0.1) is 0 Å². The Balaban J connectivity index is 1.50. The number of nitrogens with one attached hydrogen (secondary N) is 2. The number of halogens is 1. The molecule has 0 saturated heterocycles. The van der Waals surface area contributed by atoms with Crippen molar-refractivity contribution in [3.8, 4) is 5.75 Å². The summed E-state index contributed by atoms with van der Waals surface area (Å²) in [5, 5.41) is 5.27. The van der Waals surface area contributed by atoms with E-state index in [0.717, 1.165) is 33.2 Å². The molecule has 0 aliphatic heterocycles. The fourth-order valence-electron chi connectivity index (χ4n) is 2.96. The summed E-state index contributed by atoms with van der Waals surface area (Å²) in [7, 11) is 1.65. The summed E-state index contributed by atoms with van der Waals surface area (Å²) in [6, 6.07) is 11.9. The number of fused-ring (bicyclic) bond motifs is 3. The molecule has 6 nitrogen and oxygen atoms in total. The maximum absolute atomic E-state index is 12.4. The third-order valence-corrected chi connectivity index (χ3v) is 4.29. The van der Waals surface area contributed by atoms with Gasteiger partial charge < -0.3 is 29.2 Å². The molecule has 2 aromatic carbocycles. The van der Waals surface area contributed by atoms with Gasteiger partial charge in [0.2, 0.25) is 0 Å². The Morgan fingerprint density at radius 3 is 2.43 bits per heavy atom. The van der Waals surface area contributed by atoms with E-state index < -0.39 is 6.67 Å². The number of ether oxygens (including phenoxy) is 4. The summed E-state index contributed by atoms with van der Waals surface area (Å²) >= 11 is 0. The summed E-state index contributed by atoms with van der Waals surface area (Å²) in [5.41, 5.74) is 2.95. The maximum Gasteiger partial charge on any atom is 0.121 e. The van der Waals surface area contributed by atoms with Gasteiger partial charge in [-0.25, -0.2) is 4.39 Å². The van der Waals surface area contributed by atoms with Crippen molar-refractivity contribution >= 4 is 27.5 Å². The van der Waals surface area contributed by atoms with E-state index in [1.807, 2.05) is 36.4 Å². The van der Waals surface area contributed by atoms with Crippen LogP contribution >= 0.6 is 0 Å². The lowest BCUT2D eigenvalue weighted by molar-refractivity contribution is 0.0180. The lowest BCUT2D eigenvalue weighted by atomic mass is 10.1. The third-order valence-electron chi connectivity index (χ3n) is 4.29. The zero-order chi connectivity index (χ0) is 19.6. The summed E-state index contributed by atoms with van der Waals surface area (Å²) in [5.74, 6) is 0.787. The molecule has 0 spiro atoms. The first-order valence-electron chi connectivity index (χ1n) is 9.44. The first kappa shape index (κ1) is 20.4. The van der Waals surface area contributed by atoms with Gasteiger partial charge in [0.1, 0.15) is 19.0 Å². The Hall–Kier alpha value is -2.35. The van der Waals surface area contributed by atoms with E-state index in [2.05, 4.69) is 10.3 Å². The molecule has 0 aliphatic carbocycles. The van der Waals surface area contributed by atoms with Crippen molar-refractivity contribution < 1.29 is 23.3 Å². The first-order valence-corrected chi connectivity index (χ1v) is 9.44. The molecule has 0 radical (unpaired) electrons. The van der Waals surface area contributed by atoms with Gasteiger partial charge in [0, 0.05) is 41.7 Å². The molecule has 3 aromatic rings. The molecule has 0 bridgehead atoms. The number of alkyl halides is 1. The second-order valence-corrected chi connectivity index (χ2v) is 6.27. The monoisotopic (exact) mass is 390 g/mol. The molecule has 2 N–H and O–H groups in total. The molecule has 3 rings (SSSR count). The third kappa shape index (κ3) is 5.58. The molecular formula is C21H27FN2O4. The summed E-state index contributed by atoms with van der Waals surface area (Å²) in [6.07, 6.45) is 0. The molecule has 7 heteroatoms. The second kappa shape index (κ2) is 10.8. The van der Waals surface area contributed by atoms with E-state index in [1.54, 1.807) is 7.11 Å². The lowest BCUT2D eigenvalue weighted by Crippen LogP contribution is -2.12. The average Bonchev–Trinajstić information content (AvgIpc) is 3.08. The van der Waals surface area contributed by atoms with E-state index in [1.165, 1.54) is 0 Å². The van der Waals surface area contributed by atoms with E-state index in [4.69, 9.17) is 18.9 Å². The number of H-pyrrole nitrogens is 1. The van der Waals surface area contributed by atoms with Crippen LogP contribution in [0.15, 0.2) is 36.4 Å². The van der Waals surface area contributed by atoms with Crippen LogP contribution in [0, 0.1) is 0 Å². The molecule has 0 saturated carbocycles. The Labute approximate surface area is 163 Å². The van der Waals surface area contributed by atoms with Crippen LogP contribution in [0.2, 0.25) is 0 Å². The van der Waals surface area contributed by atoms with Gasteiger partial charge in [-0.3, -0.25) is 0 Å². The van der Waals surface area contributed by atoms with Crippen molar-refractivity contribution in [3.63, 3.8) is 0 Å². The summed E-state index contributed by atoms with van der Waals surface area (Å²) in [6.45, 7) is 3.15. The molecular weight excluding hydrogens is 363 g/mol. The van der Waals surface area contributed by atoms with Gasteiger partial charge in [0.15, 0.2) is 0 Å². The highest BCUT2D eigenvalue weighted by Crippen LogP contribution is 2.30. The van der Waals surface area contributed by atoms with Gasteiger partial charge in [0.25, 0.3) is 0 Å². The topological polar surface area (TPSA) is 64.7 Å². The largest absolute Gasteiger partial charge is 0.491 e. The standard InChI is InChI=1S/C21H27FN2O4/c1-25-8-9-26-10-11-27-12-13-28-17-3-4-18-19-14-16(23-7-6-22)2-5-20(19)24-21(18)15-17/h2-5,14-15,23-24H,6-13H2,1H3. The highest BCUT2D eigenvalue weighted by molar-refractivity contribution is 6.08. The van der Waals surface area contributed by atoms with Crippen LogP contribution in [0.3, 0.4) is 0 Å². The smallest absolute Gasteiger partial charge is 0.121 e. The number of hydrogen-bond donors (Lipinski definition) is 2. The number of aromatic nitrogens is 1. The number of benzene rings is 2. The lowest BCUT2D eigenvalue weighted by Gasteiger charge is -2.08. The van der Waals surface area contributed by atoms with Crippen LogP contribution in [0.5, 0.6) is 5.75 Å². The Bertz CT molecular complexity index is 868. The highest BCUT2D eigenvalue weighted by atomic mass is 19.1. The van der Waals surface area contributed by atoms with Crippen molar-refractivity contribution in [2.24, 2.45) is 0 Å². The first-order chi connectivity index (χ1) is 13.8. The van der Waals surface area contributed by atoms with Crippen LogP contribution in [0.4, 0.5) is 10.1 Å². The van der Waals surface area contributed by atoms with Crippen LogP contribution in [0.1, 0.15) is 0 Å². The van der Waals surface area contributed by atoms with Gasteiger partial charge >= 0.3 is 0 Å². The van der Waals surface area contributed by atoms with Crippen LogP contribution in [-0.4, -0.2) is 65.0 Å². The SMILES string of the molecule is COCCOCCOCCOc1ccc2c(c1)[nH]c1ccc(NCCF)cc12. The molecule has 1 heterocycles. The van der Waals surface area contributed by atoms with E-state index in [9.17, 15) is 4.39 Å². The molecule has 0 unspecified atom stereocenters. The van der Waals surface area contributed by atoms with Crippen molar-refractivity contribution in [2.75, 3.05) is 65.3 Å². The Morgan fingerprint density at radius 1 is 0.857 bits per heavy atom. The number of methoxy groups -OCH3 is 1. The molecule has 1 aromatic heterocycles. The molecule has 0 aliphatic rings. The van der Waals surface area contributed by atoms with Gasteiger partial charge in [-0.1, -0.05) is 0 Å². The molecule has 0 amide bonds. The number of hydrogen-bond acceptors (Lipinski definition) is 5. The average molecular weight is 390 g/mol. The minimum Gasteiger partial charge on any atom is -0.491 e. The van der Waals surface area contributed by atoms with Gasteiger partial charge in [-0.05, 0) is 30.3 Å². The number of anilines is 1. The quantitative estimate of drug-likeness (QED) is 0.435. The minimum atomic E-state index is -0.392. The molecule has 0 atom stereocenters. The predicted octanol–water partition coefficient (Wildman–Crippen LogP) is 3.76. The van der Waals surface area contributed by atoms with Crippen LogP contribution < -0.4 is 10.1 Å². The molecule has 152 valence electrons. The number of rotatable bonds is 13. The van der Waals surface area contributed by atoms with Crippen molar-refractivity contribution in [1.82, 2.24) is 4.98 Å². The zero-order valence-electron chi connectivity index (χ0n) is 16.1. The predicted molar refractivity (Wildman–Crippen MR) is 109 cm³/mol. The van der Waals surface area contributed by atoms with Crippen molar-refractivity contribution in [1.29, 1.82) is 0 Å². The van der Waals surface area contributed by atoms with Gasteiger partial charge in [0.05, 0.1) is 38.6 Å². The van der Waals surface area contributed by atoms with Crippen molar-refractivity contribution in [2.45, 2.75) is 0 Å². The van der Waals surface area contributed by atoms with E-state index >= 15 is 0 Å². The fourth-order valence-corrected chi connectivity index (χ4v) is 2.96. The maximum atomic E-state index is 12.4. The molecule has 28 heavy (non-hydrogen) atoms. The highest BCUT2D eigenvalue weighted by Gasteiger charge is 2.07. The summed E-state index contributed by atoms with van der Waals surface area (Å²) in [4.78, 5) is 3.40. The second-order valence-electron chi connectivity index (χ2n) is 6.27. The molecule has 0 fully saturated rings.